The summed E-state index contributed by atoms with van der Waals surface area (Å²) in [5.74, 6) is -0.192. The first-order valence-electron chi connectivity index (χ1n) is 7.31. The third-order valence-electron chi connectivity index (χ3n) is 3.95. The molecule has 1 saturated carbocycles. The van der Waals surface area contributed by atoms with Crippen molar-refractivity contribution in [2.24, 2.45) is 5.92 Å². The average molecular weight is 310 g/mol. The maximum Gasteiger partial charge on any atom is 0.261 e. The second-order valence-electron chi connectivity index (χ2n) is 5.55. The van der Waals surface area contributed by atoms with Crippen molar-refractivity contribution in [3.8, 4) is 0 Å². The van der Waals surface area contributed by atoms with E-state index >= 15 is 0 Å². The number of amides is 2. The van der Waals surface area contributed by atoms with Crippen molar-refractivity contribution in [2.75, 3.05) is 20.1 Å². The molecule has 0 aromatic carbocycles. The van der Waals surface area contributed by atoms with Crippen LogP contribution in [0, 0.1) is 5.92 Å². The van der Waals surface area contributed by atoms with Crippen LogP contribution in [0.25, 0.3) is 0 Å². The number of hydrogen-bond acceptors (Lipinski definition) is 4. The maximum atomic E-state index is 12.0. The van der Waals surface area contributed by atoms with Gasteiger partial charge in [0, 0.05) is 19.5 Å². The Balaban J connectivity index is 1.76. The largest absolute Gasteiger partial charge is 0.393 e. The fourth-order valence-corrected chi connectivity index (χ4v) is 3.28. The van der Waals surface area contributed by atoms with Crippen LogP contribution >= 0.6 is 11.3 Å². The monoisotopic (exact) mass is 310 g/mol. The van der Waals surface area contributed by atoms with Crippen LogP contribution in [-0.4, -0.2) is 48.1 Å². The number of rotatable bonds is 5. The minimum Gasteiger partial charge on any atom is -0.393 e. The van der Waals surface area contributed by atoms with Crippen molar-refractivity contribution in [2.45, 2.75) is 31.8 Å². The molecule has 1 heterocycles. The Kier molecular flexibility index (Phi) is 5.76. The van der Waals surface area contributed by atoms with E-state index in [9.17, 15) is 14.7 Å². The van der Waals surface area contributed by atoms with Gasteiger partial charge in [0.25, 0.3) is 5.91 Å². The molecule has 2 rings (SSSR count). The topological polar surface area (TPSA) is 69.6 Å². The van der Waals surface area contributed by atoms with E-state index in [2.05, 4.69) is 5.32 Å². The van der Waals surface area contributed by atoms with Gasteiger partial charge in [0.15, 0.2) is 0 Å². The van der Waals surface area contributed by atoms with E-state index in [1.165, 1.54) is 11.3 Å². The molecule has 116 valence electrons. The molecule has 1 fully saturated rings. The highest BCUT2D eigenvalue weighted by molar-refractivity contribution is 7.12. The van der Waals surface area contributed by atoms with Crippen LogP contribution in [0.4, 0.5) is 0 Å². The van der Waals surface area contributed by atoms with Gasteiger partial charge in [-0.2, -0.15) is 0 Å². The van der Waals surface area contributed by atoms with Crippen LogP contribution in [0.1, 0.15) is 35.4 Å². The lowest BCUT2D eigenvalue weighted by Crippen LogP contribution is -2.42. The lowest BCUT2D eigenvalue weighted by Gasteiger charge is -2.31. The molecule has 0 radical (unpaired) electrons. The molecule has 2 unspecified atom stereocenters. The van der Waals surface area contributed by atoms with Gasteiger partial charge in [0.1, 0.15) is 0 Å². The third kappa shape index (κ3) is 4.54. The highest BCUT2D eigenvalue weighted by atomic mass is 32.1. The average Bonchev–Trinajstić information content (AvgIpc) is 3.01. The number of carbonyl (C=O) groups excluding carboxylic acids is 2. The molecule has 6 heteroatoms. The van der Waals surface area contributed by atoms with Crippen molar-refractivity contribution in [3.05, 3.63) is 22.4 Å². The summed E-state index contributed by atoms with van der Waals surface area (Å²) in [6.45, 7) is 0.547. The number of hydrogen-bond donors (Lipinski definition) is 2. The predicted molar refractivity (Wildman–Crippen MR) is 82.3 cm³/mol. The first kappa shape index (κ1) is 16.0. The summed E-state index contributed by atoms with van der Waals surface area (Å²) in [4.78, 5) is 26.0. The first-order valence-corrected chi connectivity index (χ1v) is 8.19. The number of likely N-dealkylation sites (N-methyl/N-ethyl adjacent to an activating group) is 1. The van der Waals surface area contributed by atoms with E-state index in [4.69, 9.17) is 0 Å². The SMILES string of the molecule is CN(CC1CCCCC1O)C(=O)CNC(=O)c1cccs1. The van der Waals surface area contributed by atoms with E-state index in [-0.39, 0.29) is 30.4 Å². The molecule has 2 atom stereocenters. The van der Waals surface area contributed by atoms with Crippen LogP contribution < -0.4 is 5.32 Å². The van der Waals surface area contributed by atoms with E-state index < -0.39 is 0 Å². The summed E-state index contributed by atoms with van der Waals surface area (Å²) < 4.78 is 0. The fraction of sp³-hybridized carbons (Fsp3) is 0.600. The molecule has 0 spiro atoms. The molecule has 0 aliphatic heterocycles. The lowest BCUT2D eigenvalue weighted by atomic mass is 9.86. The van der Waals surface area contributed by atoms with Gasteiger partial charge in [-0.15, -0.1) is 11.3 Å². The zero-order chi connectivity index (χ0) is 15.2. The number of nitrogens with one attached hydrogen (secondary N) is 1. The quantitative estimate of drug-likeness (QED) is 0.865. The normalized spacial score (nSPS) is 21.8. The molecule has 0 saturated heterocycles. The van der Waals surface area contributed by atoms with Gasteiger partial charge < -0.3 is 15.3 Å². The Hall–Kier alpha value is -1.40. The minimum atomic E-state index is -0.310. The van der Waals surface area contributed by atoms with Crippen LogP contribution in [0.3, 0.4) is 0 Å². The predicted octanol–water partition coefficient (Wildman–Crippen LogP) is 1.49. The van der Waals surface area contributed by atoms with E-state index in [1.807, 2.05) is 5.38 Å². The van der Waals surface area contributed by atoms with E-state index in [1.54, 1.807) is 24.1 Å². The Bertz CT molecular complexity index is 475. The summed E-state index contributed by atoms with van der Waals surface area (Å²) in [7, 11) is 1.72. The minimum absolute atomic E-state index is 0.00392. The molecule has 2 amide bonds. The molecular formula is C15H22N2O3S. The van der Waals surface area contributed by atoms with Gasteiger partial charge in [-0.3, -0.25) is 9.59 Å². The Morgan fingerprint density at radius 2 is 2.19 bits per heavy atom. The third-order valence-corrected chi connectivity index (χ3v) is 4.82. The van der Waals surface area contributed by atoms with Crippen LogP contribution in [0.2, 0.25) is 0 Å². The molecule has 21 heavy (non-hydrogen) atoms. The van der Waals surface area contributed by atoms with Crippen molar-refractivity contribution < 1.29 is 14.7 Å². The zero-order valence-corrected chi connectivity index (χ0v) is 13.1. The summed E-state index contributed by atoms with van der Waals surface area (Å²) in [5.41, 5.74) is 0. The molecule has 1 aromatic heterocycles. The standard InChI is InChI=1S/C15H22N2O3S/c1-17(10-11-5-2-3-6-12(11)18)14(19)9-16-15(20)13-7-4-8-21-13/h4,7-8,11-12,18H,2-3,5-6,9-10H2,1H3,(H,16,20). The maximum absolute atomic E-state index is 12.0. The van der Waals surface area contributed by atoms with E-state index in [0.29, 0.717) is 11.4 Å². The van der Waals surface area contributed by atoms with Gasteiger partial charge in [0.2, 0.25) is 5.91 Å². The smallest absolute Gasteiger partial charge is 0.261 e. The molecule has 1 aliphatic carbocycles. The Morgan fingerprint density at radius 3 is 2.86 bits per heavy atom. The summed E-state index contributed by atoms with van der Waals surface area (Å²) >= 11 is 1.35. The fourth-order valence-electron chi connectivity index (χ4n) is 2.64. The molecule has 5 nitrogen and oxygen atoms in total. The molecule has 1 aliphatic rings. The van der Waals surface area contributed by atoms with Crippen molar-refractivity contribution in [1.29, 1.82) is 0 Å². The van der Waals surface area contributed by atoms with Gasteiger partial charge in [-0.25, -0.2) is 0 Å². The van der Waals surface area contributed by atoms with Crippen molar-refractivity contribution >= 4 is 23.2 Å². The number of nitrogens with zero attached hydrogens (tertiary/aromatic N) is 1. The summed E-state index contributed by atoms with van der Waals surface area (Å²) in [6, 6.07) is 3.53. The zero-order valence-electron chi connectivity index (χ0n) is 12.2. The van der Waals surface area contributed by atoms with Crippen molar-refractivity contribution in [3.63, 3.8) is 0 Å². The number of aliphatic hydroxyl groups excluding tert-OH is 1. The van der Waals surface area contributed by atoms with Gasteiger partial charge >= 0.3 is 0 Å². The van der Waals surface area contributed by atoms with Crippen LogP contribution in [0.15, 0.2) is 17.5 Å². The van der Waals surface area contributed by atoms with Crippen LogP contribution in [0.5, 0.6) is 0 Å². The molecular weight excluding hydrogens is 288 g/mol. The number of aliphatic hydroxyl groups is 1. The summed E-state index contributed by atoms with van der Waals surface area (Å²) in [5, 5.41) is 14.4. The first-order chi connectivity index (χ1) is 10.1. The summed E-state index contributed by atoms with van der Waals surface area (Å²) in [6.07, 6.45) is 3.64. The van der Waals surface area contributed by atoms with E-state index in [0.717, 1.165) is 25.7 Å². The number of carbonyl (C=O) groups is 2. The van der Waals surface area contributed by atoms with Gasteiger partial charge in [-0.05, 0) is 24.3 Å². The van der Waals surface area contributed by atoms with Gasteiger partial charge in [0.05, 0.1) is 17.5 Å². The highest BCUT2D eigenvalue weighted by Crippen LogP contribution is 2.24. The second-order valence-corrected chi connectivity index (χ2v) is 6.49. The highest BCUT2D eigenvalue weighted by Gasteiger charge is 2.25. The molecule has 2 N–H and O–H groups in total. The number of thiophene rings is 1. The molecule has 1 aromatic rings. The van der Waals surface area contributed by atoms with Crippen LogP contribution in [-0.2, 0) is 4.79 Å². The van der Waals surface area contributed by atoms with Gasteiger partial charge in [-0.1, -0.05) is 18.9 Å². The Labute approximate surface area is 129 Å². The second kappa shape index (κ2) is 7.56. The lowest BCUT2D eigenvalue weighted by molar-refractivity contribution is -0.130. The molecule has 0 bridgehead atoms. The Morgan fingerprint density at radius 1 is 1.43 bits per heavy atom. The van der Waals surface area contributed by atoms with Crippen molar-refractivity contribution in [1.82, 2.24) is 10.2 Å².